The molecule has 3 aromatic heterocycles. The third kappa shape index (κ3) is 8.35. The van der Waals surface area contributed by atoms with Crippen molar-refractivity contribution in [2.75, 3.05) is 12.4 Å². The van der Waals surface area contributed by atoms with Gasteiger partial charge >= 0.3 is 0 Å². The van der Waals surface area contributed by atoms with E-state index < -0.39 is 0 Å². The first-order chi connectivity index (χ1) is 23.6. The van der Waals surface area contributed by atoms with Crippen molar-refractivity contribution >= 4 is 60.6 Å². The molecule has 0 saturated carbocycles. The second-order valence-corrected chi connectivity index (χ2v) is 15.8. The second-order valence-electron chi connectivity index (χ2n) is 13.1. The van der Waals surface area contributed by atoms with E-state index in [1.165, 1.54) is 101 Å². The molecule has 6 rings (SSSR count). The molecule has 7 heteroatoms. The summed E-state index contributed by atoms with van der Waals surface area (Å²) >= 11 is 4.83. The Morgan fingerprint density at radius 2 is 1.38 bits per heavy atom. The number of unbranched alkanes of at least 4 members (excludes halogenated alkanes) is 6. The van der Waals surface area contributed by atoms with E-state index in [0.29, 0.717) is 12.0 Å². The first-order valence-corrected chi connectivity index (χ1v) is 20.3. The number of thiophene rings is 2. The highest BCUT2D eigenvalue weighted by Crippen LogP contribution is 2.44. The van der Waals surface area contributed by atoms with Crippen molar-refractivity contribution in [2.24, 2.45) is 5.92 Å². The van der Waals surface area contributed by atoms with Gasteiger partial charge in [0.05, 0.1) is 11.7 Å². The molecule has 48 heavy (non-hydrogen) atoms. The summed E-state index contributed by atoms with van der Waals surface area (Å²) in [4.78, 5) is 2.46. The Balaban J connectivity index is 1.15. The molecule has 0 atom stereocenters. The Bertz CT molecular complexity index is 1800. The van der Waals surface area contributed by atoms with Crippen LogP contribution >= 0.6 is 34.4 Å². The van der Waals surface area contributed by atoms with E-state index in [4.69, 9.17) is 8.75 Å². The third-order valence-electron chi connectivity index (χ3n) is 9.67. The van der Waals surface area contributed by atoms with Gasteiger partial charge in [-0.1, -0.05) is 114 Å². The zero-order valence-electron chi connectivity index (χ0n) is 28.6. The van der Waals surface area contributed by atoms with Crippen LogP contribution in [0.25, 0.3) is 31.0 Å². The number of anilines is 1. The monoisotopic (exact) mass is 697 g/mol. The van der Waals surface area contributed by atoms with Crippen LogP contribution in [-0.2, 0) is 6.42 Å². The van der Waals surface area contributed by atoms with Gasteiger partial charge in [-0.2, -0.15) is 8.75 Å². The van der Waals surface area contributed by atoms with Gasteiger partial charge in [0.15, 0.2) is 0 Å². The van der Waals surface area contributed by atoms with Crippen LogP contribution in [0, 0.1) is 11.7 Å². The number of hydrogen-bond acceptors (Lipinski definition) is 6. The number of aromatic nitrogens is 2. The van der Waals surface area contributed by atoms with Gasteiger partial charge in [0.1, 0.15) is 17.2 Å². The quantitative estimate of drug-likeness (QED) is 0.0983. The van der Waals surface area contributed by atoms with Crippen molar-refractivity contribution in [2.45, 2.75) is 97.3 Å². The smallest absolute Gasteiger partial charge is 0.131 e. The number of nitrogens with zero attached hydrogens (tertiary/aromatic N) is 2. The molecule has 0 saturated heterocycles. The van der Waals surface area contributed by atoms with Gasteiger partial charge in [0.2, 0.25) is 0 Å². The molecule has 1 N–H and O–H groups in total. The molecule has 0 amide bonds. The number of fused-ring (bicyclic) bond motifs is 2. The molecule has 0 fully saturated rings. The highest BCUT2D eigenvalue weighted by molar-refractivity contribution is 7.30. The summed E-state index contributed by atoms with van der Waals surface area (Å²) in [6.45, 7) is 4.55. The molecule has 1 aliphatic rings. The van der Waals surface area contributed by atoms with E-state index in [1.807, 2.05) is 24.5 Å². The lowest BCUT2D eigenvalue weighted by Gasteiger charge is -2.17. The molecular weight excluding hydrogens is 650 g/mol. The summed E-state index contributed by atoms with van der Waals surface area (Å²) in [7, 11) is 1.94. The molecule has 1 aliphatic carbocycles. The lowest BCUT2D eigenvalue weighted by Crippen LogP contribution is -2.04. The highest BCUT2D eigenvalue weighted by atomic mass is 32.1. The summed E-state index contributed by atoms with van der Waals surface area (Å²) < 4.78 is 27.9. The summed E-state index contributed by atoms with van der Waals surface area (Å²) in [5.41, 5.74) is 7.66. The molecule has 5 aromatic rings. The van der Waals surface area contributed by atoms with Crippen LogP contribution in [0.2, 0.25) is 0 Å². The van der Waals surface area contributed by atoms with E-state index in [1.54, 1.807) is 17.4 Å². The number of rotatable bonds is 17. The maximum Gasteiger partial charge on any atom is 0.131 e. The van der Waals surface area contributed by atoms with Crippen molar-refractivity contribution in [3.63, 3.8) is 0 Å². The van der Waals surface area contributed by atoms with E-state index in [0.717, 1.165) is 52.5 Å². The summed E-state index contributed by atoms with van der Waals surface area (Å²) in [6, 6.07) is 19.0. The zero-order valence-corrected chi connectivity index (χ0v) is 31.1. The SMILES string of the molecule is CCCCCCC(CCCCCC)CCc1ccc(C2=CCC=C(c3cc4sc(-c5ccc(NC)cc5)cc4s3)c3nsnc32)c(F)c1. The topological polar surface area (TPSA) is 37.8 Å². The molecule has 3 heterocycles. The molecule has 252 valence electrons. The Morgan fingerprint density at radius 1 is 0.729 bits per heavy atom. The fourth-order valence-corrected chi connectivity index (χ4v) is 9.87. The number of hydrogen-bond donors (Lipinski definition) is 1. The predicted octanol–water partition coefficient (Wildman–Crippen LogP) is 13.4. The maximum atomic E-state index is 15.9. The largest absolute Gasteiger partial charge is 0.388 e. The number of nitrogens with one attached hydrogen (secondary N) is 1. The lowest BCUT2D eigenvalue weighted by atomic mass is 9.88. The molecule has 3 nitrogen and oxygen atoms in total. The first kappa shape index (κ1) is 34.7. The number of benzene rings is 2. The predicted molar refractivity (Wildman–Crippen MR) is 209 cm³/mol. The minimum Gasteiger partial charge on any atom is -0.388 e. The standard InChI is InChI=1S/C41H48FN3S3/c1-4-6-8-10-13-28(14-11-9-7-5-2)17-18-29-19-24-32(35(42)25-29)33-15-12-16-34(41-40(33)44-48-45-41)37-27-39-38(47-37)26-36(46-39)30-20-22-31(43-3)23-21-30/h15-16,19-28,43H,4-14,17-18H2,1-3H3. The highest BCUT2D eigenvalue weighted by Gasteiger charge is 2.24. The zero-order chi connectivity index (χ0) is 33.3. The Morgan fingerprint density at radius 3 is 2.04 bits per heavy atom. The van der Waals surface area contributed by atoms with Gasteiger partial charge in [-0.05, 0) is 66.6 Å². The van der Waals surface area contributed by atoms with Gasteiger partial charge in [0, 0.05) is 48.6 Å². The minimum atomic E-state index is -0.157. The molecular formula is C41H48FN3S3. The van der Waals surface area contributed by atoms with Crippen molar-refractivity contribution in [1.82, 2.24) is 8.75 Å². The lowest BCUT2D eigenvalue weighted by molar-refractivity contribution is 0.383. The summed E-state index contributed by atoms with van der Waals surface area (Å²) in [5.74, 6) is 0.582. The van der Waals surface area contributed by atoms with Gasteiger partial charge < -0.3 is 5.32 Å². The van der Waals surface area contributed by atoms with Crippen LogP contribution < -0.4 is 5.32 Å². The van der Waals surface area contributed by atoms with Crippen molar-refractivity contribution in [1.29, 1.82) is 0 Å². The fraction of sp³-hybridized carbons (Fsp3) is 0.415. The van der Waals surface area contributed by atoms with Crippen LogP contribution in [0.4, 0.5) is 10.1 Å². The summed E-state index contributed by atoms with van der Waals surface area (Å²) in [6.07, 6.45) is 20.3. The van der Waals surface area contributed by atoms with E-state index in [9.17, 15) is 0 Å². The summed E-state index contributed by atoms with van der Waals surface area (Å²) in [5, 5.41) is 3.19. The normalized spacial score (nSPS) is 13.1. The van der Waals surface area contributed by atoms with Gasteiger partial charge in [-0.25, -0.2) is 4.39 Å². The Labute approximate surface area is 298 Å². The van der Waals surface area contributed by atoms with Crippen LogP contribution in [0.1, 0.15) is 118 Å². The third-order valence-corrected chi connectivity index (χ3v) is 12.6. The molecule has 0 aliphatic heterocycles. The molecule has 0 spiro atoms. The number of allylic oxidation sites excluding steroid dienone is 2. The molecule has 2 aromatic carbocycles. The first-order valence-electron chi connectivity index (χ1n) is 17.9. The van der Waals surface area contributed by atoms with Gasteiger partial charge in [-0.3, -0.25) is 0 Å². The van der Waals surface area contributed by atoms with Crippen LogP contribution in [0.5, 0.6) is 0 Å². The molecule has 0 unspecified atom stereocenters. The molecule has 0 bridgehead atoms. The second kappa shape index (κ2) is 17.0. The maximum absolute atomic E-state index is 15.9. The van der Waals surface area contributed by atoms with Gasteiger partial charge in [0.25, 0.3) is 0 Å². The van der Waals surface area contributed by atoms with Gasteiger partial charge in [-0.15, -0.1) is 22.7 Å². The fourth-order valence-electron chi connectivity index (χ4n) is 6.85. The van der Waals surface area contributed by atoms with Crippen molar-refractivity contribution < 1.29 is 4.39 Å². The average molecular weight is 698 g/mol. The van der Waals surface area contributed by atoms with Crippen molar-refractivity contribution in [3.05, 3.63) is 100.0 Å². The van der Waals surface area contributed by atoms with E-state index >= 15 is 4.39 Å². The molecule has 0 radical (unpaired) electrons. The average Bonchev–Trinajstić information content (AvgIpc) is 3.81. The Kier molecular flexibility index (Phi) is 12.3. The number of aryl methyl sites for hydroxylation is 1. The van der Waals surface area contributed by atoms with Crippen LogP contribution in [0.3, 0.4) is 0 Å². The van der Waals surface area contributed by atoms with E-state index in [-0.39, 0.29) is 5.82 Å². The van der Waals surface area contributed by atoms with Crippen LogP contribution in [-0.4, -0.2) is 15.8 Å². The Hall–Kier alpha value is -3.13. The minimum absolute atomic E-state index is 0.157. The van der Waals surface area contributed by atoms with E-state index in [2.05, 4.69) is 73.8 Å². The van der Waals surface area contributed by atoms with Crippen molar-refractivity contribution in [3.8, 4) is 10.4 Å². The number of halogens is 1. The van der Waals surface area contributed by atoms with Crippen LogP contribution in [0.15, 0.2) is 66.7 Å².